The van der Waals surface area contributed by atoms with Crippen molar-refractivity contribution in [3.8, 4) is 0 Å². The molecule has 0 heterocycles. The van der Waals surface area contributed by atoms with Gasteiger partial charge in [-0.1, -0.05) is 0 Å². The molecule has 12 heavy (non-hydrogen) atoms. The van der Waals surface area contributed by atoms with Crippen LogP contribution in [-0.4, -0.2) is 24.5 Å². The second-order valence-corrected chi connectivity index (χ2v) is 4.58. The molecule has 0 atom stereocenters. The van der Waals surface area contributed by atoms with E-state index in [1.807, 2.05) is 54.1 Å². The van der Waals surface area contributed by atoms with Crippen molar-refractivity contribution in [1.82, 2.24) is 0 Å². The van der Waals surface area contributed by atoms with Crippen molar-refractivity contribution < 1.29 is 9.28 Å². The van der Waals surface area contributed by atoms with E-state index in [0.717, 1.165) is 0 Å². The van der Waals surface area contributed by atoms with Gasteiger partial charge in [0.15, 0.2) is 0 Å². The molecule has 0 aromatic carbocycles. The molecule has 0 N–H and O–H groups in total. The molecule has 1 amide bonds. The van der Waals surface area contributed by atoms with E-state index < -0.39 is 0 Å². The number of allylic oxidation sites excluding steroid dienone is 1. The topological polar surface area (TPSA) is 17.1 Å². The molecule has 0 aliphatic heterocycles. The van der Waals surface area contributed by atoms with E-state index in [-0.39, 0.29) is 11.3 Å². The minimum Gasteiger partial charge on any atom is -0.239 e. The van der Waals surface area contributed by atoms with Gasteiger partial charge in [0.1, 0.15) is 0 Å². The Bertz CT molecular complexity index is 196. The molecule has 2 heteroatoms. The van der Waals surface area contributed by atoms with Crippen LogP contribution < -0.4 is 0 Å². The van der Waals surface area contributed by atoms with Gasteiger partial charge in [-0.3, -0.25) is 0 Å². The molecular formula is C10H20NO+. The third-order valence-corrected chi connectivity index (χ3v) is 1.69. The van der Waals surface area contributed by atoms with Crippen molar-refractivity contribution >= 4 is 5.91 Å². The molecule has 0 saturated carbocycles. The zero-order chi connectivity index (χ0) is 9.99. The van der Waals surface area contributed by atoms with Gasteiger partial charge in [0.05, 0.1) is 25.7 Å². The Balaban J connectivity index is 4.70. The maximum absolute atomic E-state index is 11.8. The smallest absolute Gasteiger partial charge is 0.239 e. The fourth-order valence-corrected chi connectivity index (χ4v) is 1.30. The fourth-order valence-electron chi connectivity index (χ4n) is 1.30. The van der Waals surface area contributed by atoms with Crippen LogP contribution in [0.2, 0.25) is 0 Å². The van der Waals surface area contributed by atoms with Crippen molar-refractivity contribution in [3.63, 3.8) is 0 Å². The number of hydrogen-bond donors (Lipinski definition) is 0. The Hall–Kier alpha value is -0.630. The zero-order valence-electron chi connectivity index (χ0n) is 9.01. The highest BCUT2D eigenvalue weighted by molar-refractivity contribution is 5.75. The third-order valence-electron chi connectivity index (χ3n) is 1.69. The number of quaternary nitrogens is 1. The van der Waals surface area contributed by atoms with Crippen molar-refractivity contribution in [2.24, 2.45) is 5.41 Å². The lowest BCUT2D eigenvalue weighted by atomic mass is 9.94. The lowest BCUT2D eigenvalue weighted by molar-refractivity contribution is -0.762. The van der Waals surface area contributed by atoms with Crippen LogP contribution in [0.4, 0.5) is 0 Å². The molecule has 0 fully saturated rings. The summed E-state index contributed by atoms with van der Waals surface area (Å²) in [5.74, 6) is 0.223. The van der Waals surface area contributed by atoms with E-state index >= 15 is 0 Å². The Kier molecular flexibility index (Phi) is 3.22. The first-order valence-corrected chi connectivity index (χ1v) is 4.24. The minimum atomic E-state index is -0.275. The Morgan fingerprint density at radius 1 is 1.25 bits per heavy atom. The van der Waals surface area contributed by atoms with Crippen LogP contribution in [-0.2, 0) is 4.79 Å². The van der Waals surface area contributed by atoms with Crippen LogP contribution in [0.1, 0.15) is 27.7 Å². The van der Waals surface area contributed by atoms with Gasteiger partial charge in [-0.2, -0.15) is 0 Å². The summed E-state index contributed by atoms with van der Waals surface area (Å²) in [6.45, 7) is 7.76. The molecule has 0 unspecified atom stereocenters. The first-order valence-electron chi connectivity index (χ1n) is 4.24. The van der Waals surface area contributed by atoms with Gasteiger partial charge >= 0.3 is 5.91 Å². The monoisotopic (exact) mass is 170 g/mol. The normalized spacial score (nSPS) is 13.8. The number of rotatable bonds is 1. The van der Waals surface area contributed by atoms with E-state index in [0.29, 0.717) is 4.48 Å². The molecule has 70 valence electrons. The molecule has 2 nitrogen and oxygen atoms in total. The van der Waals surface area contributed by atoms with E-state index in [1.54, 1.807) is 0 Å². The second kappa shape index (κ2) is 3.40. The van der Waals surface area contributed by atoms with Crippen LogP contribution in [0.3, 0.4) is 0 Å². The summed E-state index contributed by atoms with van der Waals surface area (Å²) in [5.41, 5.74) is -0.275. The summed E-state index contributed by atoms with van der Waals surface area (Å²) in [4.78, 5) is 11.8. The second-order valence-electron chi connectivity index (χ2n) is 4.58. The van der Waals surface area contributed by atoms with Crippen LogP contribution in [0.25, 0.3) is 0 Å². The molecule has 0 radical (unpaired) electrons. The standard InChI is InChI=1S/C10H20NO/c1-7-8-11(5,6)9(12)10(2,3)4/h7-8H,1-6H3/q+1. The van der Waals surface area contributed by atoms with E-state index in [1.165, 1.54) is 0 Å². The van der Waals surface area contributed by atoms with Crippen LogP contribution in [0.5, 0.6) is 0 Å². The third kappa shape index (κ3) is 2.78. The Morgan fingerprint density at radius 3 is 1.92 bits per heavy atom. The SMILES string of the molecule is CC=C[N+](C)(C)C(=O)C(C)(C)C. The summed E-state index contributed by atoms with van der Waals surface area (Å²) in [7, 11) is 3.79. The van der Waals surface area contributed by atoms with Crippen molar-refractivity contribution in [2.45, 2.75) is 27.7 Å². The Labute approximate surface area is 75.5 Å². The van der Waals surface area contributed by atoms with Crippen LogP contribution in [0.15, 0.2) is 12.3 Å². The number of nitrogens with zero attached hydrogens (tertiary/aromatic N) is 1. The Morgan fingerprint density at radius 2 is 1.67 bits per heavy atom. The van der Waals surface area contributed by atoms with Crippen LogP contribution in [0, 0.1) is 5.41 Å². The molecular weight excluding hydrogens is 150 g/mol. The summed E-state index contributed by atoms with van der Waals surface area (Å²) in [6, 6.07) is 0. The number of amides is 1. The van der Waals surface area contributed by atoms with Gasteiger partial charge in [0.2, 0.25) is 0 Å². The van der Waals surface area contributed by atoms with Crippen molar-refractivity contribution in [3.05, 3.63) is 12.3 Å². The number of hydrogen-bond acceptors (Lipinski definition) is 1. The highest BCUT2D eigenvalue weighted by atomic mass is 16.2. The lowest BCUT2D eigenvalue weighted by Gasteiger charge is -2.28. The fraction of sp³-hybridized carbons (Fsp3) is 0.700. The molecule has 0 aliphatic rings. The van der Waals surface area contributed by atoms with Gasteiger partial charge in [-0.05, 0) is 33.8 Å². The molecule has 0 aromatic heterocycles. The molecule has 0 aromatic rings. The highest BCUT2D eigenvalue weighted by Crippen LogP contribution is 2.20. The van der Waals surface area contributed by atoms with Gasteiger partial charge in [-0.25, -0.2) is 9.28 Å². The predicted molar refractivity (Wildman–Crippen MR) is 51.4 cm³/mol. The van der Waals surface area contributed by atoms with E-state index in [4.69, 9.17) is 0 Å². The van der Waals surface area contributed by atoms with E-state index in [9.17, 15) is 4.79 Å². The maximum Gasteiger partial charge on any atom is 0.323 e. The quantitative estimate of drug-likeness (QED) is 0.551. The van der Waals surface area contributed by atoms with Gasteiger partial charge in [0.25, 0.3) is 0 Å². The maximum atomic E-state index is 11.8. The van der Waals surface area contributed by atoms with Gasteiger partial charge in [-0.15, -0.1) is 0 Å². The van der Waals surface area contributed by atoms with E-state index in [2.05, 4.69) is 0 Å². The first kappa shape index (κ1) is 11.4. The first-order chi connectivity index (χ1) is 5.22. The summed E-state index contributed by atoms with van der Waals surface area (Å²) in [5, 5.41) is 0. The predicted octanol–water partition coefficient (Wildman–Crippen LogP) is 2.17. The van der Waals surface area contributed by atoms with Crippen molar-refractivity contribution in [2.75, 3.05) is 14.1 Å². The van der Waals surface area contributed by atoms with Gasteiger partial charge < -0.3 is 0 Å². The lowest BCUT2D eigenvalue weighted by Crippen LogP contribution is -2.46. The summed E-state index contributed by atoms with van der Waals surface area (Å²) >= 11 is 0. The molecule has 0 saturated heterocycles. The summed E-state index contributed by atoms with van der Waals surface area (Å²) in [6.07, 6.45) is 3.80. The molecule has 0 aliphatic carbocycles. The summed E-state index contributed by atoms with van der Waals surface area (Å²) < 4.78 is 0.319. The average Bonchev–Trinajstić information content (AvgIpc) is 1.84. The largest absolute Gasteiger partial charge is 0.323 e. The zero-order valence-corrected chi connectivity index (χ0v) is 9.01. The number of carbonyl (C=O) groups excluding carboxylic acids is 1. The molecule has 0 bridgehead atoms. The highest BCUT2D eigenvalue weighted by Gasteiger charge is 2.35. The molecule has 0 rings (SSSR count). The van der Waals surface area contributed by atoms with Crippen LogP contribution >= 0.6 is 0 Å². The van der Waals surface area contributed by atoms with Crippen molar-refractivity contribution in [1.29, 1.82) is 0 Å². The molecule has 0 spiro atoms. The number of carbonyl (C=O) groups is 1. The van der Waals surface area contributed by atoms with Gasteiger partial charge in [0, 0.05) is 0 Å². The minimum absolute atomic E-state index is 0.223. The average molecular weight is 170 g/mol.